The van der Waals surface area contributed by atoms with Crippen molar-refractivity contribution in [1.82, 2.24) is 9.97 Å². The quantitative estimate of drug-likeness (QED) is 0.909. The molecule has 0 spiro atoms. The van der Waals surface area contributed by atoms with Crippen molar-refractivity contribution in [3.8, 4) is 0 Å². The van der Waals surface area contributed by atoms with Gasteiger partial charge in [-0.15, -0.1) is 0 Å². The molecule has 4 heteroatoms. The van der Waals surface area contributed by atoms with Gasteiger partial charge < -0.3 is 10.6 Å². The number of nitrogens with two attached hydrogens (primary N) is 1. The van der Waals surface area contributed by atoms with Crippen LogP contribution in [0.1, 0.15) is 50.4 Å². The molecule has 1 fully saturated rings. The van der Waals surface area contributed by atoms with Crippen molar-refractivity contribution in [3.63, 3.8) is 0 Å². The lowest BCUT2D eigenvalue weighted by molar-refractivity contribution is 0.312. The number of nitrogen functional groups attached to an aromatic ring is 1. The Hall–Kier alpha value is -1.32. The molecule has 0 aliphatic heterocycles. The fourth-order valence-electron chi connectivity index (χ4n) is 3.09. The van der Waals surface area contributed by atoms with Crippen molar-refractivity contribution in [1.29, 1.82) is 0 Å². The molecule has 106 valence electrons. The van der Waals surface area contributed by atoms with Gasteiger partial charge in [0.05, 0.1) is 0 Å². The molecule has 0 unspecified atom stereocenters. The zero-order chi connectivity index (χ0) is 14.0. The number of aryl methyl sites for hydroxylation is 1. The highest BCUT2D eigenvalue weighted by atomic mass is 15.2. The van der Waals surface area contributed by atoms with Crippen LogP contribution in [-0.2, 0) is 0 Å². The molecule has 1 saturated carbocycles. The predicted octanol–water partition coefficient (Wildman–Crippen LogP) is 3.08. The fourth-order valence-corrected chi connectivity index (χ4v) is 3.09. The Kier molecular flexibility index (Phi) is 4.27. The minimum atomic E-state index is 0.593. The summed E-state index contributed by atoms with van der Waals surface area (Å²) in [4.78, 5) is 11.1. The van der Waals surface area contributed by atoms with Crippen molar-refractivity contribution in [2.24, 2.45) is 5.92 Å². The van der Waals surface area contributed by atoms with Gasteiger partial charge in [-0.05, 0) is 45.4 Å². The summed E-state index contributed by atoms with van der Waals surface area (Å²) in [6.07, 6.45) is 6.51. The minimum Gasteiger partial charge on any atom is -0.383 e. The van der Waals surface area contributed by atoms with Gasteiger partial charge in [0.25, 0.3) is 0 Å². The number of hydrogen-bond acceptors (Lipinski definition) is 4. The van der Waals surface area contributed by atoms with E-state index < -0.39 is 0 Å². The van der Waals surface area contributed by atoms with Crippen LogP contribution in [0.2, 0.25) is 0 Å². The van der Waals surface area contributed by atoms with E-state index in [0.717, 1.165) is 23.1 Å². The number of rotatable bonds is 3. The summed E-state index contributed by atoms with van der Waals surface area (Å²) in [6.45, 7) is 6.22. The molecule has 2 N–H and O–H groups in total. The van der Waals surface area contributed by atoms with Gasteiger partial charge >= 0.3 is 0 Å². The molecule has 0 radical (unpaired) electrons. The van der Waals surface area contributed by atoms with E-state index in [9.17, 15) is 0 Å². The molecule has 2 rings (SSSR count). The third-order valence-electron chi connectivity index (χ3n) is 4.55. The average molecular weight is 262 g/mol. The van der Waals surface area contributed by atoms with E-state index in [1.54, 1.807) is 0 Å². The van der Waals surface area contributed by atoms with E-state index in [4.69, 9.17) is 5.73 Å². The van der Waals surface area contributed by atoms with Crippen LogP contribution < -0.4 is 10.6 Å². The monoisotopic (exact) mass is 262 g/mol. The number of nitrogens with zero attached hydrogens (tertiary/aromatic N) is 3. The van der Waals surface area contributed by atoms with Crippen molar-refractivity contribution in [2.45, 2.75) is 58.9 Å². The maximum atomic E-state index is 5.95. The van der Waals surface area contributed by atoms with Gasteiger partial charge in [0.1, 0.15) is 17.5 Å². The zero-order valence-corrected chi connectivity index (χ0v) is 12.6. The molecular formula is C15H26N4. The summed E-state index contributed by atoms with van der Waals surface area (Å²) in [5, 5.41) is 0. The van der Waals surface area contributed by atoms with E-state index in [0.29, 0.717) is 11.9 Å². The summed E-state index contributed by atoms with van der Waals surface area (Å²) in [7, 11) is 2.14. The van der Waals surface area contributed by atoms with E-state index in [-0.39, 0.29) is 0 Å². The second kappa shape index (κ2) is 5.76. The standard InChI is InChI=1S/C15H26N4/c1-5-12-6-8-13(9-7-12)19(4)15-10(2)14(16)17-11(3)18-15/h12-13H,5-9H2,1-4H3,(H2,16,17,18). The zero-order valence-electron chi connectivity index (χ0n) is 12.6. The van der Waals surface area contributed by atoms with Gasteiger partial charge in [-0.3, -0.25) is 0 Å². The normalized spacial score (nSPS) is 23.4. The summed E-state index contributed by atoms with van der Waals surface area (Å²) in [5.41, 5.74) is 6.96. The summed E-state index contributed by atoms with van der Waals surface area (Å²) < 4.78 is 0. The van der Waals surface area contributed by atoms with E-state index >= 15 is 0 Å². The third kappa shape index (κ3) is 2.99. The first kappa shape index (κ1) is 14.1. The minimum absolute atomic E-state index is 0.593. The maximum absolute atomic E-state index is 5.95. The third-order valence-corrected chi connectivity index (χ3v) is 4.55. The Bertz CT molecular complexity index is 436. The van der Waals surface area contributed by atoms with Crippen molar-refractivity contribution in [2.75, 3.05) is 17.7 Å². The largest absolute Gasteiger partial charge is 0.383 e. The highest BCUT2D eigenvalue weighted by molar-refractivity contribution is 5.56. The molecule has 1 aromatic heterocycles. The molecule has 1 aliphatic carbocycles. The number of anilines is 2. The SMILES string of the molecule is CCC1CCC(N(C)c2nc(C)nc(N)c2C)CC1. The Balaban J connectivity index is 2.14. The first-order valence-corrected chi connectivity index (χ1v) is 7.36. The van der Waals surface area contributed by atoms with Gasteiger partial charge in [0.15, 0.2) is 0 Å². The molecule has 0 atom stereocenters. The first-order valence-electron chi connectivity index (χ1n) is 7.36. The van der Waals surface area contributed by atoms with Gasteiger partial charge in [0, 0.05) is 18.7 Å². The summed E-state index contributed by atoms with van der Waals surface area (Å²) in [5.74, 6) is 3.29. The van der Waals surface area contributed by atoms with Crippen LogP contribution in [0.15, 0.2) is 0 Å². The average Bonchev–Trinajstić information content (AvgIpc) is 2.42. The maximum Gasteiger partial charge on any atom is 0.137 e. The first-order chi connectivity index (χ1) is 9.02. The molecule has 0 amide bonds. The Morgan fingerprint density at radius 2 is 1.79 bits per heavy atom. The highest BCUT2D eigenvalue weighted by Crippen LogP contribution is 2.32. The molecule has 1 aromatic rings. The second-order valence-electron chi connectivity index (χ2n) is 5.80. The molecule has 4 nitrogen and oxygen atoms in total. The van der Waals surface area contributed by atoms with Crippen LogP contribution in [0, 0.1) is 19.8 Å². The van der Waals surface area contributed by atoms with Gasteiger partial charge in [-0.2, -0.15) is 0 Å². The topological polar surface area (TPSA) is 55.0 Å². The lowest BCUT2D eigenvalue weighted by Gasteiger charge is -2.35. The van der Waals surface area contributed by atoms with E-state index in [1.807, 2.05) is 13.8 Å². The van der Waals surface area contributed by atoms with Gasteiger partial charge in [-0.25, -0.2) is 9.97 Å². The molecular weight excluding hydrogens is 236 g/mol. The van der Waals surface area contributed by atoms with Crippen molar-refractivity contribution in [3.05, 3.63) is 11.4 Å². The van der Waals surface area contributed by atoms with Crippen LogP contribution in [-0.4, -0.2) is 23.1 Å². The van der Waals surface area contributed by atoms with Crippen molar-refractivity contribution < 1.29 is 0 Å². The number of hydrogen-bond donors (Lipinski definition) is 1. The molecule has 19 heavy (non-hydrogen) atoms. The fraction of sp³-hybridized carbons (Fsp3) is 0.733. The lowest BCUT2D eigenvalue weighted by atomic mass is 9.84. The molecule has 0 saturated heterocycles. The van der Waals surface area contributed by atoms with Crippen LogP contribution in [0.5, 0.6) is 0 Å². The predicted molar refractivity (Wildman–Crippen MR) is 80.4 cm³/mol. The highest BCUT2D eigenvalue weighted by Gasteiger charge is 2.25. The van der Waals surface area contributed by atoms with Crippen molar-refractivity contribution >= 4 is 11.6 Å². The van der Waals surface area contributed by atoms with Crippen LogP contribution in [0.3, 0.4) is 0 Å². The molecule has 0 aromatic carbocycles. The lowest BCUT2D eigenvalue weighted by Crippen LogP contribution is -2.36. The van der Waals surface area contributed by atoms with Crippen LogP contribution in [0.4, 0.5) is 11.6 Å². The van der Waals surface area contributed by atoms with E-state index in [2.05, 4.69) is 28.8 Å². The second-order valence-corrected chi connectivity index (χ2v) is 5.80. The Morgan fingerprint density at radius 3 is 2.37 bits per heavy atom. The smallest absolute Gasteiger partial charge is 0.137 e. The molecule has 0 bridgehead atoms. The Morgan fingerprint density at radius 1 is 1.16 bits per heavy atom. The molecule has 1 heterocycles. The van der Waals surface area contributed by atoms with Crippen LogP contribution in [0.25, 0.3) is 0 Å². The van der Waals surface area contributed by atoms with Gasteiger partial charge in [0.2, 0.25) is 0 Å². The van der Waals surface area contributed by atoms with Gasteiger partial charge in [-0.1, -0.05) is 13.3 Å². The van der Waals surface area contributed by atoms with Crippen LogP contribution >= 0.6 is 0 Å². The summed E-state index contributed by atoms with van der Waals surface area (Å²) >= 11 is 0. The molecule has 1 aliphatic rings. The van der Waals surface area contributed by atoms with E-state index in [1.165, 1.54) is 32.1 Å². The summed E-state index contributed by atoms with van der Waals surface area (Å²) in [6, 6.07) is 0.593. The Labute approximate surface area is 116 Å². The number of aromatic nitrogens is 2.